The molecule has 0 amide bonds. The molecule has 1 saturated heterocycles. The van der Waals surface area contributed by atoms with Gasteiger partial charge in [-0.2, -0.15) is 0 Å². The fourth-order valence-electron chi connectivity index (χ4n) is 4.49. The van der Waals surface area contributed by atoms with E-state index < -0.39 is 12.0 Å². The van der Waals surface area contributed by atoms with E-state index in [0.29, 0.717) is 13.0 Å². The van der Waals surface area contributed by atoms with Gasteiger partial charge in [-0.1, -0.05) is 67.1 Å². The first-order valence-electron chi connectivity index (χ1n) is 11.1. The highest BCUT2D eigenvalue weighted by Gasteiger charge is 2.36. The Balaban J connectivity index is 1.70. The number of carboxylic acids is 1. The fraction of sp³-hybridized carbons (Fsp3) is 0.296. The lowest BCUT2D eigenvalue weighted by Gasteiger charge is -2.40. The van der Waals surface area contributed by atoms with Crippen molar-refractivity contribution in [2.45, 2.75) is 38.0 Å². The van der Waals surface area contributed by atoms with E-state index in [1.165, 1.54) is 0 Å². The summed E-state index contributed by atoms with van der Waals surface area (Å²) in [4.78, 5) is 14.2. The van der Waals surface area contributed by atoms with E-state index in [2.05, 4.69) is 4.90 Å². The monoisotopic (exact) mass is 431 g/mol. The molecular weight excluding hydrogens is 402 g/mol. The zero-order chi connectivity index (χ0) is 22.3. The van der Waals surface area contributed by atoms with Gasteiger partial charge in [0.05, 0.1) is 13.2 Å². The summed E-state index contributed by atoms with van der Waals surface area (Å²) in [5, 5.41) is 9.95. The van der Waals surface area contributed by atoms with Crippen molar-refractivity contribution < 1.29 is 19.4 Å². The SMILES string of the molecule is COc1ccccc1C(c1cccc(OCc2ccccc2)c1)N1CCCCC1C(=O)O. The normalized spacial score (nSPS) is 17.5. The minimum Gasteiger partial charge on any atom is -0.496 e. The first-order valence-corrected chi connectivity index (χ1v) is 11.1. The van der Waals surface area contributed by atoms with Crippen LogP contribution >= 0.6 is 0 Å². The second-order valence-corrected chi connectivity index (χ2v) is 8.08. The van der Waals surface area contributed by atoms with Crippen molar-refractivity contribution in [1.82, 2.24) is 4.90 Å². The summed E-state index contributed by atoms with van der Waals surface area (Å²) in [5.41, 5.74) is 3.05. The molecule has 0 bridgehead atoms. The minimum atomic E-state index is -0.777. The van der Waals surface area contributed by atoms with Crippen molar-refractivity contribution in [2.24, 2.45) is 0 Å². The van der Waals surface area contributed by atoms with Gasteiger partial charge in [0.1, 0.15) is 24.1 Å². The van der Waals surface area contributed by atoms with Crippen LogP contribution < -0.4 is 9.47 Å². The largest absolute Gasteiger partial charge is 0.496 e. The Morgan fingerprint density at radius 3 is 2.59 bits per heavy atom. The molecular formula is C27H29NO4. The molecule has 1 aliphatic heterocycles. The van der Waals surface area contributed by atoms with Gasteiger partial charge in [0.2, 0.25) is 0 Å². The van der Waals surface area contributed by atoms with E-state index in [1.54, 1.807) is 7.11 Å². The summed E-state index contributed by atoms with van der Waals surface area (Å²) in [6, 6.07) is 25.1. The van der Waals surface area contributed by atoms with Gasteiger partial charge in [0.25, 0.3) is 0 Å². The number of aliphatic carboxylic acids is 1. The average Bonchev–Trinajstić information content (AvgIpc) is 2.84. The number of carboxylic acid groups (broad SMARTS) is 1. The van der Waals surface area contributed by atoms with Crippen LogP contribution in [0.2, 0.25) is 0 Å². The van der Waals surface area contributed by atoms with Crippen LogP contribution in [0.4, 0.5) is 0 Å². The molecule has 32 heavy (non-hydrogen) atoms. The molecule has 1 N–H and O–H groups in total. The maximum absolute atomic E-state index is 12.1. The number of ether oxygens (including phenoxy) is 2. The first kappa shape index (κ1) is 21.9. The molecule has 1 aliphatic rings. The molecule has 0 aromatic heterocycles. The molecule has 2 unspecified atom stereocenters. The van der Waals surface area contributed by atoms with E-state index in [4.69, 9.17) is 9.47 Å². The number of hydrogen-bond donors (Lipinski definition) is 1. The van der Waals surface area contributed by atoms with Crippen LogP contribution in [0.25, 0.3) is 0 Å². The number of hydrogen-bond acceptors (Lipinski definition) is 4. The molecule has 0 aliphatic carbocycles. The Morgan fingerprint density at radius 1 is 1.03 bits per heavy atom. The maximum atomic E-state index is 12.1. The molecule has 1 fully saturated rings. The van der Waals surface area contributed by atoms with Crippen LogP contribution in [0, 0.1) is 0 Å². The quantitative estimate of drug-likeness (QED) is 0.524. The number of benzene rings is 3. The molecule has 0 spiro atoms. The third kappa shape index (κ3) is 4.94. The lowest BCUT2D eigenvalue weighted by molar-refractivity contribution is -0.145. The van der Waals surface area contributed by atoms with Crippen LogP contribution in [0.3, 0.4) is 0 Å². The molecule has 3 aromatic carbocycles. The van der Waals surface area contributed by atoms with Gasteiger partial charge in [-0.05, 0) is 48.7 Å². The van der Waals surface area contributed by atoms with E-state index in [1.807, 2.05) is 78.9 Å². The molecule has 4 rings (SSSR count). The van der Waals surface area contributed by atoms with E-state index in [-0.39, 0.29) is 6.04 Å². The van der Waals surface area contributed by atoms with Crippen molar-refractivity contribution in [1.29, 1.82) is 0 Å². The molecule has 1 heterocycles. The molecule has 3 aromatic rings. The number of rotatable bonds is 8. The van der Waals surface area contributed by atoms with Crippen molar-refractivity contribution in [3.63, 3.8) is 0 Å². The topological polar surface area (TPSA) is 59.0 Å². The predicted octanol–water partition coefficient (Wildman–Crippen LogP) is 5.30. The Labute approximate surface area is 189 Å². The standard InChI is InChI=1S/C27H29NO4/c1-31-25-16-6-5-14-23(25)26(28-17-8-7-15-24(28)27(29)30)21-12-9-13-22(18-21)32-19-20-10-3-2-4-11-20/h2-6,9-14,16,18,24,26H,7-8,15,17,19H2,1H3,(H,29,30). The second-order valence-electron chi connectivity index (χ2n) is 8.08. The second kappa shape index (κ2) is 10.3. The van der Waals surface area contributed by atoms with Gasteiger partial charge >= 0.3 is 5.97 Å². The third-order valence-corrected chi connectivity index (χ3v) is 6.02. The molecule has 5 heteroatoms. The number of methoxy groups -OCH3 is 1. The van der Waals surface area contributed by atoms with E-state index in [0.717, 1.165) is 47.6 Å². The maximum Gasteiger partial charge on any atom is 0.320 e. The van der Waals surface area contributed by atoms with Crippen molar-refractivity contribution in [3.05, 3.63) is 95.6 Å². The lowest BCUT2D eigenvalue weighted by Crippen LogP contribution is -2.46. The zero-order valence-electron chi connectivity index (χ0n) is 18.3. The number of carbonyl (C=O) groups is 1. The average molecular weight is 432 g/mol. The van der Waals surface area contributed by atoms with Crippen LogP contribution in [0.5, 0.6) is 11.5 Å². The summed E-state index contributed by atoms with van der Waals surface area (Å²) in [6.07, 6.45) is 2.54. The summed E-state index contributed by atoms with van der Waals surface area (Å²) in [5.74, 6) is 0.735. The Hall–Kier alpha value is -3.31. The smallest absolute Gasteiger partial charge is 0.320 e. The highest BCUT2D eigenvalue weighted by molar-refractivity contribution is 5.73. The van der Waals surface area contributed by atoms with Gasteiger partial charge in [-0.3, -0.25) is 9.69 Å². The Morgan fingerprint density at radius 2 is 1.81 bits per heavy atom. The summed E-state index contributed by atoms with van der Waals surface area (Å²) in [7, 11) is 1.65. The fourth-order valence-corrected chi connectivity index (χ4v) is 4.49. The number of piperidine rings is 1. The highest BCUT2D eigenvalue weighted by Crippen LogP contribution is 2.39. The molecule has 0 saturated carbocycles. The van der Waals surface area contributed by atoms with Gasteiger partial charge in [0.15, 0.2) is 0 Å². The molecule has 166 valence electrons. The number of nitrogens with zero attached hydrogens (tertiary/aromatic N) is 1. The van der Waals surface area contributed by atoms with E-state index >= 15 is 0 Å². The van der Waals surface area contributed by atoms with Crippen molar-refractivity contribution in [2.75, 3.05) is 13.7 Å². The van der Waals surface area contributed by atoms with Gasteiger partial charge in [-0.25, -0.2) is 0 Å². The van der Waals surface area contributed by atoms with Gasteiger partial charge in [0, 0.05) is 5.56 Å². The minimum absolute atomic E-state index is 0.243. The highest BCUT2D eigenvalue weighted by atomic mass is 16.5. The summed E-state index contributed by atoms with van der Waals surface area (Å²) >= 11 is 0. The number of para-hydroxylation sites is 1. The molecule has 5 nitrogen and oxygen atoms in total. The first-order chi connectivity index (χ1) is 15.7. The van der Waals surface area contributed by atoms with E-state index in [9.17, 15) is 9.90 Å². The van der Waals surface area contributed by atoms with Crippen LogP contribution in [0.15, 0.2) is 78.9 Å². The Kier molecular flexibility index (Phi) is 7.07. The third-order valence-electron chi connectivity index (χ3n) is 6.02. The molecule has 0 radical (unpaired) electrons. The van der Waals surface area contributed by atoms with Crippen LogP contribution in [0.1, 0.15) is 42.0 Å². The van der Waals surface area contributed by atoms with Crippen molar-refractivity contribution in [3.8, 4) is 11.5 Å². The molecule has 2 atom stereocenters. The summed E-state index contributed by atoms with van der Waals surface area (Å²) < 4.78 is 11.7. The van der Waals surface area contributed by atoms with Crippen molar-refractivity contribution >= 4 is 5.97 Å². The summed E-state index contributed by atoms with van der Waals surface area (Å²) in [6.45, 7) is 1.19. The predicted molar refractivity (Wildman–Crippen MR) is 124 cm³/mol. The lowest BCUT2D eigenvalue weighted by atomic mass is 9.91. The van der Waals surface area contributed by atoms with Gasteiger partial charge < -0.3 is 14.6 Å². The zero-order valence-corrected chi connectivity index (χ0v) is 18.3. The Bertz CT molecular complexity index is 1040. The van der Waals surface area contributed by atoms with Crippen LogP contribution in [-0.2, 0) is 11.4 Å². The van der Waals surface area contributed by atoms with Crippen LogP contribution in [-0.4, -0.2) is 35.7 Å². The van der Waals surface area contributed by atoms with Gasteiger partial charge in [-0.15, -0.1) is 0 Å². The number of likely N-dealkylation sites (tertiary alicyclic amines) is 1.